The zero-order valence-electron chi connectivity index (χ0n) is 19.1. The molecular formula is C26H24N6O3. The molecule has 0 saturated carbocycles. The lowest BCUT2D eigenvalue weighted by molar-refractivity contribution is 0.0958. The standard InChI is InChI=1S/C26H24N6O3/c1-3-24-29-14-15-32(24)17-18-4-6-19(7-5-18)30-26(34)31-20-8-10-21(11-9-20)35-22-12-13-28-23(16-22)25(33)27-2/h3-16H,1,17H2,2H3,(H,27,33)(H2,30,31,34). The molecule has 0 radical (unpaired) electrons. The molecule has 2 aromatic carbocycles. The third kappa shape index (κ3) is 6.11. The number of hydrogen-bond donors (Lipinski definition) is 3. The van der Waals surface area contributed by atoms with Crippen LogP contribution in [0.3, 0.4) is 0 Å². The molecule has 0 fully saturated rings. The average molecular weight is 469 g/mol. The predicted octanol–water partition coefficient (Wildman–Crippen LogP) is 4.77. The number of pyridine rings is 1. The first kappa shape index (κ1) is 23.2. The average Bonchev–Trinajstić information content (AvgIpc) is 3.33. The maximum atomic E-state index is 12.4. The van der Waals surface area contributed by atoms with Crippen LogP contribution in [0.1, 0.15) is 21.9 Å². The fraction of sp³-hybridized carbons (Fsp3) is 0.0769. The summed E-state index contributed by atoms with van der Waals surface area (Å²) >= 11 is 0. The van der Waals surface area contributed by atoms with Crippen LogP contribution in [0.2, 0.25) is 0 Å². The lowest BCUT2D eigenvalue weighted by Gasteiger charge is -2.10. The highest BCUT2D eigenvalue weighted by molar-refractivity contribution is 5.99. The van der Waals surface area contributed by atoms with Gasteiger partial charge in [0.2, 0.25) is 0 Å². The van der Waals surface area contributed by atoms with Crippen molar-refractivity contribution in [3.05, 3.63) is 103 Å². The highest BCUT2D eigenvalue weighted by Gasteiger charge is 2.08. The van der Waals surface area contributed by atoms with E-state index < -0.39 is 0 Å². The van der Waals surface area contributed by atoms with Gasteiger partial charge in [-0.2, -0.15) is 0 Å². The number of imidazole rings is 1. The van der Waals surface area contributed by atoms with Crippen LogP contribution in [-0.4, -0.2) is 33.5 Å². The van der Waals surface area contributed by atoms with Crippen molar-refractivity contribution in [1.82, 2.24) is 19.9 Å². The fourth-order valence-electron chi connectivity index (χ4n) is 3.30. The van der Waals surface area contributed by atoms with E-state index in [2.05, 4.69) is 32.5 Å². The Bertz CT molecular complexity index is 1330. The second-order valence-corrected chi connectivity index (χ2v) is 7.48. The van der Waals surface area contributed by atoms with Gasteiger partial charge in [0.1, 0.15) is 23.0 Å². The quantitative estimate of drug-likeness (QED) is 0.345. The van der Waals surface area contributed by atoms with Gasteiger partial charge in [0, 0.05) is 49.6 Å². The van der Waals surface area contributed by atoms with E-state index in [1.807, 2.05) is 35.0 Å². The van der Waals surface area contributed by atoms with Gasteiger partial charge in [0.15, 0.2) is 0 Å². The molecule has 176 valence electrons. The van der Waals surface area contributed by atoms with Crippen LogP contribution >= 0.6 is 0 Å². The molecular weight excluding hydrogens is 444 g/mol. The van der Waals surface area contributed by atoms with Crippen molar-refractivity contribution < 1.29 is 14.3 Å². The number of carbonyl (C=O) groups excluding carboxylic acids is 2. The first-order chi connectivity index (χ1) is 17.0. The molecule has 4 aromatic rings. The van der Waals surface area contributed by atoms with E-state index in [4.69, 9.17) is 4.74 Å². The molecule has 0 unspecified atom stereocenters. The number of nitrogens with zero attached hydrogens (tertiary/aromatic N) is 3. The van der Waals surface area contributed by atoms with Gasteiger partial charge < -0.3 is 25.3 Å². The van der Waals surface area contributed by atoms with Gasteiger partial charge >= 0.3 is 6.03 Å². The number of carbonyl (C=O) groups is 2. The molecule has 0 aliphatic carbocycles. The topological polar surface area (TPSA) is 110 Å². The van der Waals surface area contributed by atoms with E-state index >= 15 is 0 Å². The van der Waals surface area contributed by atoms with E-state index in [0.717, 1.165) is 11.4 Å². The van der Waals surface area contributed by atoms with Gasteiger partial charge in [0.25, 0.3) is 5.91 Å². The molecule has 9 nitrogen and oxygen atoms in total. The Morgan fingerprint density at radius 3 is 2.29 bits per heavy atom. The Hall–Kier alpha value is -4.92. The SMILES string of the molecule is C=Cc1nccn1Cc1ccc(NC(=O)Nc2ccc(Oc3ccnc(C(=O)NC)c3)cc2)cc1. The van der Waals surface area contributed by atoms with Crippen LogP contribution in [0.15, 0.2) is 85.8 Å². The van der Waals surface area contributed by atoms with Crippen LogP contribution in [-0.2, 0) is 6.54 Å². The number of benzene rings is 2. The smallest absolute Gasteiger partial charge is 0.323 e. The molecule has 2 aromatic heterocycles. The summed E-state index contributed by atoms with van der Waals surface area (Å²) in [5.41, 5.74) is 2.61. The second kappa shape index (κ2) is 10.8. The zero-order valence-corrected chi connectivity index (χ0v) is 19.1. The molecule has 0 aliphatic rings. The Morgan fingerprint density at radius 1 is 0.943 bits per heavy atom. The van der Waals surface area contributed by atoms with Crippen molar-refractivity contribution in [2.24, 2.45) is 0 Å². The number of aromatic nitrogens is 3. The van der Waals surface area contributed by atoms with E-state index in [1.165, 1.54) is 13.2 Å². The van der Waals surface area contributed by atoms with E-state index in [0.29, 0.717) is 29.4 Å². The molecule has 4 rings (SSSR count). The lowest BCUT2D eigenvalue weighted by atomic mass is 10.2. The first-order valence-electron chi connectivity index (χ1n) is 10.8. The summed E-state index contributed by atoms with van der Waals surface area (Å²) in [6.07, 6.45) is 6.84. The summed E-state index contributed by atoms with van der Waals surface area (Å²) in [6.45, 7) is 4.42. The number of amides is 3. The summed E-state index contributed by atoms with van der Waals surface area (Å²) in [5, 5.41) is 8.12. The van der Waals surface area contributed by atoms with Crippen LogP contribution in [0.5, 0.6) is 11.5 Å². The van der Waals surface area contributed by atoms with E-state index in [-0.39, 0.29) is 17.6 Å². The van der Waals surface area contributed by atoms with Crippen molar-refractivity contribution >= 4 is 29.4 Å². The number of hydrogen-bond acceptors (Lipinski definition) is 5. The Labute approximate surface area is 202 Å². The summed E-state index contributed by atoms with van der Waals surface area (Å²) in [4.78, 5) is 32.3. The van der Waals surface area contributed by atoms with Crippen molar-refractivity contribution in [2.75, 3.05) is 17.7 Å². The minimum absolute atomic E-state index is 0.260. The Kier molecular flexibility index (Phi) is 7.17. The van der Waals surface area contributed by atoms with Gasteiger partial charge in [0.05, 0.1) is 0 Å². The summed E-state index contributed by atoms with van der Waals surface area (Å²) in [6, 6.07) is 17.3. The van der Waals surface area contributed by atoms with Gasteiger partial charge in [-0.05, 0) is 54.1 Å². The highest BCUT2D eigenvalue weighted by atomic mass is 16.5. The van der Waals surface area contributed by atoms with Crippen molar-refractivity contribution in [1.29, 1.82) is 0 Å². The van der Waals surface area contributed by atoms with E-state index in [1.54, 1.807) is 48.7 Å². The van der Waals surface area contributed by atoms with Crippen LogP contribution in [0, 0.1) is 0 Å². The Balaban J connectivity index is 1.31. The monoisotopic (exact) mass is 468 g/mol. The van der Waals surface area contributed by atoms with Crippen LogP contribution in [0.4, 0.5) is 16.2 Å². The molecule has 2 heterocycles. The van der Waals surface area contributed by atoms with Gasteiger partial charge in [-0.15, -0.1) is 0 Å². The molecule has 9 heteroatoms. The molecule has 0 bridgehead atoms. The molecule has 0 spiro atoms. The second-order valence-electron chi connectivity index (χ2n) is 7.48. The summed E-state index contributed by atoms with van der Waals surface area (Å²) in [7, 11) is 1.54. The van der Waals surface area contributed by atoms with Gasteiger partial charge in [-0.25, -0.2) is 9.78 Å². The number of nitrogens with one attached hydrogen (secondary N) is 3. The molecule has 3 amide bonds. The maximum absolute atomic E-state index is 12.4. The molecule has 0 aliphatic heterocycles. The first-order valence-corrected chi connectivity index (χ1v) is 10.8. The van der Waals surface area contributed by atoms with Gasteiger partial charge in [-0.1, -0.05) is 18.7 Å². The lowest BCUT2D eigenvalue weighted by Crippen LogP contribution is -2.19. The largest absolute Gasteiger partial charge is 0.457 e. The summed E-state index contributed by atoms with van der Waals surface area (Å²) < 4.78 is 7.76. The van der Waals surface area contributed by atoms with Crippen molar-refractivity contribution in [2.45, 2.75) is 6.54 Å². The van der Waals surface area contributed by atoms with Crippen molar-refractivity contribution in [3.63, 3.8) is 0 Å². The third-order valence-electron chi connectivity index (χ3n) is 5.03. The fourth-order valence-corrected chi connectivity index (χ4v) is 3.30. The summed E-state index contributed by atoms with van der Waals surface area (Å²) in [5.74, 6) is 1.54. The highest BCUT2D eigenvalue weighted by Crippen LogP contribution is 2.23. The van der Waals surface area contributed by atoms with E-state index in [9.17, 15) is 9.59 Å². The number of urea groups is 1. The molecule has 0 saturated heterocycles. The molecule has 35 heavy (non-hydrogen) atoms. The van der Waals surface area contributed by atoms with Crippen LogP contribution < -0.4 is 20.7 Å². The minimum atomic E-state index is -0.362. The molecule has 0 atom stereocenters. The number of anilines is 2. The number of ether oxygens (including phenoxy) is 1. The maximum Gasteiger partial charge on any atom is 0.323 e. The van der Waals surface area contributed by atoms with Crippen LogP contribution in [0.25, 0.3) is 6.08 Å². The predicted molar refractivity (Wildman–Crippen MR) is 135 cm³/mol. The Morgan fingerprint density at radius 2 is 1.63 bits per heavy atom. The number of rotatable bonds is 8. The molecule has 3 N–H and O–H groups in total. The van der Waals surface area contributed by atoms with Crippen molar-refractivity contribution in [3.8, 4) is 11.5 Å². The normalized spacial score (nSPS) is 10.3. The third-order valence-corrected chi connectivity index (χ3v) is 5.03. The minimum Gasteiger partial charge on any atom is -0.457 e. The van der Waals surface area contributed by atoms with Gasteiger partial charge in [-0.3, -0.25) is 9.78 Å². The zero-order chi connectivity index (χ0) is 24.6.